The first kappa shape index (κ1) is 26.6. The molecule has 0 fully saturated rings. The Morgan fingerprint density at radius 1 is 0.842 bits per heavy atom. The van der Waals surface area contributed by atoms with E-state index in [-0.39, 0.29) is 28.9 Å². The lowest BCUT2D eigenvalue weighted by molar-refractivity contribution is -0.116. The van der Waals surface area contributed by atoms with Gasteiger partial charge in [0, 0.05) is 42.5 Å². The molecule has 0 spiro atoms. The normalized spacial score (nSPS) is 11.1. The minimum atomic E-state index is -4.10. The van der Waals surface area contributed by atoms with Gasteiger partial charge in [-0.05, 0) is 37.4 Å². The van der Waals surface area contributed by atoms with Gasteiger partial charge >= 0.3 is 0 Å². The van der Waals surface area contributed by atoms with Gasteiger partial charge in [0.1, 0.15) is 11.5 Å². The van der Waals surface area contributed by atoms with Crippen molar-refractivity contribution in [2.45, 2.75) is 11.3 Å². The van der Waals surface area contributed by atoms with E-state index in [0.29, 0.717) is 40.5 Å². The van der Waals surface area contributed by atoms with Crippen molar-refractivity contribution < 1.29 is 22.7 Å². The maximum atomic E-state index is 13.4. The number of carbonyl (C=O) groups excluding carboxylic acids is 1. The molecule has 38 heavy (non-hydrogen) atoms. The van der Waals surface area contributed by atoms with Crippen LogP contribution in [0.25, 0.3) is 11.0 Å². The molecule has 1 amide bonds. The quantitative estimate of drug-likeness (QED) is 0.225. The van der Waals surface area contributed by atoms with E-state index in [1.165, 1.54) is 26.4 Å². The minimum absolute atomic E-state index is 0.00561. The Morgan fingerprint density at radius 2 is 1.50 bits per heavy atom. The van der Waals surface area contributed by atoms with E-state index >= 15 is 0 Å². The second-order valence-corrected chi connectivity index (χ2v) is 9.85. The van der Waals surface area contributed by atoms with Gasteiger partial charge in [0.15, 0.2) is 11.6 Å². The number of amides is 1. The first-order valence-electron chi connectivity index (χ1n) is 11.7. The highest BCUT2D eigenvalue weighted by molar-refractivity contribution is 7.92. The van der Waals surface area contributed by atoms with Crippen LogP contribution in [0.1, 0.15) is 6.42 Å². The molecule has 4 aromatic rings. The van der Waals surface area contributed by atoms with Crippen molar-refractivity contribution in [2.75, 3.05) is 43.2 Å². The lowest BCUT2D eigenvalue weighted by atomic mass is 10.2. The van der Waals surface area contributed by atoms with Crippen LogP contribution in [0.5, 0.6) is 11.5 Å². The zero-order valence-corrected chi connectivity index (χ0v) is 21.9. The number of fused-ring (bicyclic) bond motifs is 1. The Labute approximate surface area is 220 Å². The molecule has 0 saturated carbocycles. The summed E-state index contributed by atoms with van der Waals surface area (Å²) in [6, 6.07) is 18.3. The third kappa shape index (κ3) is 6.47. The highest BCUT2D eigenvalue weighted by Gasteiger charge is 2.20. The molecule has 1 aromatic heterocycles. The van der Waals surface area contributed by atoms with Crippen molar-refractivity contribution in [2.24, 2.45) is 0 Å². The molecule has 4 N–H and O–H groups in total. The van der Waals surface area contributed by atoms with Crippen LogP contribution in [0.3, 0.4) is 0 Å². The number of anilines is 4. The van der Waals surface area contributed by atoms with Crippen LogP contribution in [0.4, 0.5) is 23.0 Å². The zero-order chi connectivity index (χ0) is 27.1. The van der Waals surface area contributed by atoms with E-state index in [1.807, 2.05) is 6.07 Å². The topological polar surface area (TPSA) is 144 Å². The summed E-state index contributed by atoms with van der Waals surface area (Å²) in [5.41, 5.74) is 1.99. The second kappa shape index (κ2) is 11.8. The molecule has 12 heteroatoms. The van der Waals surface area contributed by atoms with Gasteiger partial charge in [-0.15, -0.1) is 0 Å². The van der Waals surface area contributed by atoms with Crippen molar-refractivity contribution in [1.29, 1.82) is 0 Å². The van der Waals surface area contributed by atoms with Crippen LogP contribution in [0, 0.1) is 0 Å². The summed E-state index contributed by atoms with van der Waals surface area (Å²) in [7, 11) is 0.708. The fraction of sp³-hybridized carbons (Fsp3) is 0.192. The van der Waals surface area contributed by atoms with Crippen LogP contribution in [0.2, 0.25) is 0 Å². The van der Waals surface area contributed by atoms with Gasteiger partial charge < -0.3 is 25.4 Å². The number of nitrogens with one attached hydrogen (secondary N) is 4. The minimum Gasteiger partial charge on any atom is -0.497 e. The lowest BCUT2D eigenvalue weighted by Crippen LogP contribution is -2.19. The highest BCUT2D eigenvalue weighted by atomic mass is 32.2. The molecule has 11 nitrogen and oxygen atoms in total. The maximum absolute atomic E-state index is 13.4. The summed E-state index contributed by atoms with van der Waals surface area (Å²) in [6.07, 6.45) is 0.252. The van der Waals surface area contributed by atoms with Crippen LogP contribution < -0.4 is 30.1 Å². The number of ether oxygens (including phenoxy) is 2. The van der Waals surface area contributed by atoms with Crippen molar-refractivity contribution >= 4 is 50.0 Å². The number of hydrogen-bond acceptors (Lipinski definition) is 9. The summed E-state index contributed by atoms with van der Waals surface area (Å²) >= 11 is 0. The number of hydrogen-bond donors (Lipinski definition) is 4. The molecule has 0 aliphatic carbocycles. The van der Waals surface area contributed by atoms with Gasteiger partial charge in [-0.1, -0.05) is 18.2 Å². The van der Waals surface area contributed by atoms with Crippen molar-refractivity contribution in [1.82, 2.24) is 15.3 Å². The monoisotopic (exact) mass is 536 g/mol. The molecule has 0 atom stereocenters. The van der Waals surface area contributed by atoms with E-state index in [4.69, 9.17) is 9.47 Å². The molecule has 3 aromatic carbocycles. The number of rotatable bonds is 11. The third-order valence-corrected chi connectivity index (χ3v) is 6.78. The summed E-state index contributed by atoms with van der Waals surface area (Å²) in [6.45, 7) is 0.501. The third-order valence-electron chi connectivity index (χ3n) is 5.45. The number of nitrogens with zero attached hydrogens (tertiary/aromatic N) is 2. The number of sulfonamides is 1. The van der Waals surface area contributed by atoms with E-state index in [9.17, 15) is 13.2 Å². The molecule has 198 valence electrons. The Hall–Kier alpha value is -4.42. The fourth-order valence-corrected chi connectivity index (χ4v) is 4.62. The van der Waals surface area contributed by atoms with E-state index in [0.717, 1.165) is 0 Å². The van der Waals surface area contributed by atoms with Crippen molar-refractivity contribution in [3.63, 3.8) is 0 Å². The number of methoxy groups -OCH3 is 2. The van der Waals surface area contributed by atoms with Gasteiger partial charge in [-0.25, -0.2) is 18.4 Å². The summed E-state index contributed by atoms with van der Waals surface area (Å²) < 4.78 is 40.0. The lowest BCUT2D eigenvalue weighted by Gasteiger charge is -2.15. The van der Waals surface area contributed by atoms with E-state index in [2.05, 4.69) is 30.6 Å². The molecule has 0 aliphatic heterocycles. The summed E-state index contributed by atoms with van der Waals surface area (Å²) in [4.78, 5) is 21.2. The van der Waals surface area contributed by atoms with Gasteiger partial charge in [-0.3, -0.25) is 9.52 Å². The van der Waals surface area contributed by atoms with Crippen LogP contribution in [0.15, 0.2) is 71.6 Å². The molecule has 0 radical (unpaired) electrons. The molecular weight excluding hydrogens is 508 g/mol. The molecule has 0 unspecified atom stereocenters. The first-order chi connectivity index (χ1) is 18.3. The molecular formula is C26H28N6O5S. The largest absolute Gasteiger partial charge is 0.497 e. The standard InChI is InChI=1S/C26H28N6O5S/c1-27-12-11-24(33)28-17-7-6-8-21(15-17)38(34,35)32-26-25(30-22-9-4-5-10-23(22)31-26)29-18-13-19(36-2)16-20(14-18)37-3/h4-10,13-16,27H,11-12H2,1-3H3,(H,28,33)(H,29,30)(H,31,32). The van der Waals surface area contributed by atoms with Crippen LogP contribution >= 0.6 is 0 Å². The number of carbonyl (C=O) groups is 1. The number of para-hydroxylation sites is 2. The fourth-order valence-electron chi connectivity index (χ4n) is 3.56. The van der Waals surface area contributed by atoms with Crippen molar-refractivity contribution in [3.8, 4) is 11.5 Å². The maximum Gasteiger partial charge on any atom is 0.263 e. The van der Waals surface area contributed by atoms with Gasteiger partial charge in [0.25, 0.3) is 10.0 Å². The molecule has 0 bridgehead atoms. The average Bonchev–Trinajstić information content (AvgIpc) is 2.92. The Bertz CT molecular complexity index is 1540. The van der Waals surface area contributed by atoms with Crippen molar-refractivity contribution in [3.05, 3.63) is 66.7 Å². The summed E-state index contributed by atoms with van der Waals surface area (Å²) in [5.74, 6) is 1.02. The van der Waals surface area contributed by atoms with Gasteiger partial charge in [-0.2, -0.15) is 0 Å². The Kier molecular flexibility index (Phi) is 8.24. The van der Waals surface area contributed by atoms with Gasteiger partial charge in [0.2, 0.25) is 5.91 Å². The smallest absolute Gasteiger partial charge is 0.263 e. The van der Waals surface area contributed by atoms with Crippen LogP contribution in [-0.4, -0.2) is 52.1 Å². The highest BCUT2D eigenvalue weighted by Crippen LogP contribution is 2.31. The predicted molar refractivity (Wildman–Crippen MR) is 147 cm³/mol. The molecule has 1 heterocycles. The Balaban J connectivity index is 1.68. The second-order valence-electron chi connectivity index (χ2n) is 8.17. The molecule has 0 saturated heterocycles. The zero-order valence-electron chi connectivity index (χ0n) is 21.1. The van der Waals surface area contributed by atoms with E-state index < -0.39 is 10.0 Å². The number of benzene rings is 3. The first-order valence-corrected chi connectivity index (χ1v) is 13.1. The molecule has 0 aliphatic rings. The Morgan fingerprint density at radius 3 is 2.13 bits per heavy atom. The predicted octanol–water partition coefficient (Wildman–Crippen LogP) is 3.74. The SMILES string of the molecule is CNCCC(=O)Nc1cccc(S(=O)(=O)Nc2nc3ccccc3nc2Nc2cc(OC)cc(OC)c2)c1. The average molecular weight is 537 g/mol. The van der Waals surface area contributed by atoms with E-state index in [1.54, 1.807) is 55.6 Å². The summed E-state index contributed by atoms with van der Waals surface area (Å²) in [5, 5.41) is 8.73. The number of aromatic nitrogens is 2. The van der Waals surface area contributed by atoms with Crippen LogP contribution in [-0.2, 0) is 14.8 Å². The molecule has 4 rings (SSSR count). The van der Waals surface area contributed by atoms with Gasteiger partial charge in [0.05, 0.1) is 30.1 Å².